The van der Waals surface area contributed by atoms with Crippen molar-refractivity contribution in [3.8, 4) is 0 Å². The third-order valence-electron chi connectivity index (χ3n) is 2.94. The Labute approximate surface area is 76.9 Å². The van der Waals surface area contributed by atoms with Crippen LogP contribution in [0.3, 0.4) is 0 Å². The lowest BCUT2D eigenvalue weighted by atomic mass is 9.86. The van der Waals surface area contributed by atoms with E-state index in [-0.39, 0.29) is 0 Å². The number of hydrogen-bond donors (Lipinski definition) is 0. The summed E-state index contributed by atoms with van der Waals surface area (Å²) in [6.45, 7) is 5.71. The molecule has 0 aliphatic carbocycles. The maximum absolute atomic E-state index is 4.73. The predicted molar refractivity (Wildman–Crippen MR) is 53.4 cm³/mol. The second-order valence-electron chi connectivity index (χ2n) is 4.29. The lowest BCUT2D eigenvalue weighted by Crippen LogP contribution is -2.40. The van der Waals surface area contributed by atoms with E-state index in [0.717, 1.165) is 6.54 Å². The Morgan fingerprint density at radius 1 is 1.25 bits per heavy atom. The Balaban J connectivity index is 2.17. The molecule has 1 fully saturated rings. The van der Waals surface area contributed by atoms with Gasteiger partial charge in [0.15, 0.2) is 0 Å². The van der Waals surface area contributed by atoms with Gasteiger partial charge < -0.3 is 0 Å². The molecule has 1 aliphatic heterocycles. The maximum Gasteiger partial charge on any atom is 0.0328 e. The van der Waals surface area contributed by atoms with Crippen molar-refractivity contribution in [1.82, 2.24) is 5.32 Å². The molecule has 0 N–H and O–H groups in total. The molecule has 1 aliphatic rings. The monoisotopic (exact) mass is 168 g/mol. The van der Waals surface area contributed by atoms with Crippen LogP contribution in [-0.4, -0.2) is 12.1 Å². The van der Waals surface area contributed by atoms with Gasteiger partial charge >= 0.3 is 0 Å². The van der Waals surface area contributed by atoms with Crippen LogP contribution in [0.4, 0.5) is 0 Å². The Hall–Kier alpha value is -0.0400. The molecule has 0 aromatic rings. The van der Waals surface area contributed by atoms with E-state index in [1.165, 1.54) is 44.9 Å². The summed E-state index contributed by atoms with van der Waals surface area (Å²) in [7, 11) is 0. The summed E-state index contributed by atoms with van der Waals surface area (Å²) in [4.78, 5) is 0. The highest BCUT2D eigenvalue weighted by atomic mass is 15.0. The van der Waals surface area contributed by atoms with E-state index in [1.807, 2.05) is 0 Å². The van der Waals surface area contributed by atoms with Gasteiger partial charge in [0.2, 0.25) is 0 Å². The van der Waals surface area contributed by atoms with E-state index in [0.29, 0.717) is 5.54 Å². The molecule has 0 amide bonds. The average Bonchev–Trinajstić information content (AvgIpc) is 2.06. The van der Waals surface area contributed by atoms with Crippen molar-refractivity contribution < 1.29 is 0 Å². The number of nitrogens with zero attached hydrogens (tertiary/aromatic N) is 1. The first-order chi connectivity index (χ1) is 5.77. The normalized spacial score (nSPS) is 30.5. The molecular formula is C11H22N. The molecule has 1 atom stereocenters. The molecule has 0 aromatic carbocycles. The fourth-order valence-corrected chi connectivity index (χ4v) is 2.01. The molecule has 1 rings (SSSR count). The fourth-order valence-electron chi connectivity index (χ4n) is 2.01. The van der Waals surface area contributed by atoms with Gasteiger partial charge in [0, 0.05) is 12.1 Å². The summed E-state index contributed by atoms with van der Waals surface area (Å²) in [5, 5.41) is 4.73. The summed E-state index contributed by atoms with van der Waals surface area (Å²) in [5.74, 6) is 0. The lowest BCUT2D eigenvalue weighted by molar-refractivity contribution is 0.247. The summed E-state index contributed by atoms with van der Waals surface area (Å²) in [6.07, 6.45) is 9.45. The van der Waals surface area contributed by atoms with Crippen molar-refractivity contribution in [3.05, 3.63) is 0 Å². The molecular weight excluding hydrogens is 146 g/mol. The number of piperidine rings is 1. The standard InChI is InChI=1S/C11H22N/c1-3-4-5-8-11(2)9-6-7-10-12-11/h3-10H2,1-2H3. The largest absolute Gasteiger partial charge is 0.235 e. The molecule has 12 heavy (non-hydrogen) atoms. The molecule has 71 valence electrons. The van der Waals surface area contributed by atoms with Crippen LogP contribution < -0.4 is 5.32 Å². The fraction of sp³-hybridized carbons (Fsp3) is 1.00. The summed E-state index contributed by atoms with van der Waals surface area (Å²) >= 11 is 0. The second-order valence-corrected chi connectivity index (χ2v) is 4.29. The van der Waals surface area contributed by atoms with Gasteiger partial charge in [-0.1, -0.05) is 32.6 Å². The molecule has 1 radical (unpaired) electrons. The van der Waals surface area contributed by atoms with Crippen LogP contribution in [0.5, 0.6) is 0 Å². The number of hydrogen-bond acceptors (Lipinski definition) is 0. The molecule has 0 saturated carbocycles. The van der Waals surface area contributed by atoms with Gasteiger partial charge in [-0.05, 0) is 26.2 Å². The van der Waals surface area contributed by atoms with E-state index in [2.05, 4.69) is 13.8 Å². The summed E-state index contributed by atoms with van der Waals surface area (Å²) in [5.41, 5.74) is 0.355. The lowest BCUT2D eigenvalue weighted by Gasteiger charge is -2.33. The first kappa shape index (κ1) is 10.0. The highest BCUT2D eigenvalue weighted by Crippen LogP contribution is 2.25. The SMILES string of the molecule is CCCCCC1(C)CCCC[N]1. The van der Waals surface area contributed by atoms with Crippen molar-refractivity contribution in [2.24, 2.45) is 0 Å². The van der Waals surface area contributed by atoms with Crippen LogP contribution >= 0.6 is 0 Å². The van der Waals surface area contributed by atoms with E-state index < -0.39 is 0 Å². The molecule has 1 nitrogen and oxygen atoms in total. The van der Waals surface area contributed by atoms with Gasteiger partial charge in [-0.3, -0.25) is 0 Å². The minimum Gasteiger partial charge on any atom is -0.235 e. The average molecular weight is 168 g/mol. The Bertz CT molecular complexity index is 114. The molecule has 0 bridgehead atoms. The second kappa shape index (κ2) is 4.86. The zero-order valence-electron chi connectivity index (χ0n) is 8.60. The third kappa shape index (κ3) is 3.14. The van der Waals surface area contributed by atoms with Gasteiger partial charge in [0.05, 0.1) is 0 Å². The van der Waals surface area contributed by atoms with Crippen LogP contribution in [0.15, 0.2) is 0 Å². The van der Waals surface area contributed by atoms with E-state index in [4.69, 9.17) is 5.32 Å². The molecule has 1 heteroatoms. The minimum absolute atomic E-state index is 0.355. The quantitative estimate of drug-likeness (QED) is 0.573. The Kier molecular flexibility index (Phi) is 4.07. The van der Waals surface area contributed by atoms with Crippen LogP contribution in [-0.2, 0) is 0 Å². The van der Waals surface area contributed by atoms with Crippen molar-refractivity contribution in [2.75, 3.05) is 6.54 Å². The van der Waals surface area contributed by atoms with E-state index in [1.54, 1.807) is 0 Å². The number of unbranched alkanes of at least 4 members (excludes halogenated alkanes) is 2. The molecule has 0 spiro atoms. The highest BCUT2D eigenvalue weighted by molar-refractivity contribution is 4.85. The Morgan fingerprint density at radius 2 is 2.08 bits per heavy atom. The van der Waals surface area contributed by atoms with Crippen LogP contribution in [0.1, 0.15) is 58.8 Å². The van der Waals surface area contributed by atoms with E-state index in [9.17, 15) is 0 Å². The van der Waals surface area contributed by atoms with Gasteiger partial charge in [-0.2, -0.15) is 0 Å². The molecule has 1 heterocycles. The summed E-state index contributed by atoms with van der Waals surface area (Å²) < 4.78 is 0. The highest BCUT2D eigenvalue weighted by Gasteiger charge is 2.26. The Morgan fingerprint density at radius 3 is 2.67 bits per heavy atom. The van der Waals surface area contributed by atoms with Crippen LogP contribution in [0, 0.1) is 0 Å². The third-order valence-corrected chi connectivity index (χ3v) is 2.94. The van der Waals surface area contributed by atoms with Gasteiger partial charge in [0.1, 0.15) is 0 Å². The molecule has 0 aromatic heterocycles. The molecule has 1 unspecified atom stereocenters. The number of rotatable bonds is 4. The van der Waals surface area contributed by atoms with Gasteiger partial charge in [0.25, 0.3) is 0 Å². The van der Waals surface area contributed by atoms with Crippen molar-refractivity contribution >= 4 is 0 Å². The van der Waals surface area contributed by atoms with Crippen molar-refractivity contribution in [3.63, 3.8) is 0 Å². The van der Waals surface area contributed by atoms with Crippen molar-refractivity contribution in [1.29, 1.82) is 0 Å². The zero-order chi connectivity index (χ0) is 8.86. The van der Waals surface area contributed by atoms with Crippen molar-refractivity contribution in [2.45, 2.75) is 64.3 Å². The predicted octanol–water partition coefficient (Wildman–Crippen LogP) is 3.11. The van der Waals surface area contributed by atoms with Gasteiger partial charge in [-0.25, -0.2) is 5.32 Å². The van der Waals surface area contributed by atoms with Crippen LogP contribution in [0.2, 0.25) is 0 Å². The summed E-state index contributed by atoms with van der Waals surface area (Å²) in [6, 6.07) is 0. The molecule has 1 saturated heterocycles. The first-order valence-corrected chi connectivity index (χ1v) is 5.45. The maximum atomic E-state index is 4.73. The smallest absolute Gasteiger partial charge is 0.0328 e. The minimum atomic E-state index is 0.355. The topological polar surface area (TPSA) is 14.1 Å². The first-order valence-electron chi connectivity index (χ1n) is 5.45. The van der Waals surface area contributed by atoms with E-state index >= 15 is 0 Å². The zero-order valence-corrected chi connectivity index (χ0v) is 8.60. The van der Waals surface area contributed by atoms with Crippen LogP contribution in [0.25, 0.3) is 0 Å². The van der Waals surface area contributed by atoms with Gasteiger partial charge in [-0.15, -0.1) is 0 Å².